The molecule has 0 aliphatic carbocycles. The van der Waals surface area contributed by atoms with Crippen LogP contribution in [0.3, 0.4) is 0 Å². The van der Waals surface area contributed by atoms with Gasteiger partial charge in [0.25, 0.3) is 0 Å². The fraction of sp³-hybridized carbons (Fsp3) is 0.0400. The van der Waals surface area contributed by atoms with Gasteiger partial charge >= 0.3 is 0 Å². The monoisotopic (exact) mass is 457 g/mol. The van der Waals surface area contributed by atoms with Crippen molar-refractivity contribution >= 4 is 21.2 Å². The van der Waals surface area contributed by atoms with Crippen LogP contribution >= 0.6 is 11.3 Å². The van der Waals surface area contributed by atoms with Gasteiger partial charge in [0, 0.05) is 28.3 Å². The predicted molar refractivity (Wildman–Crippen MR) is 129 cm³/mol. The van der Waals surface area contributed by atoms with Crippen molar-refractivity contribution in [2.24, 2.45) is 0 Å². The van der Waals surface area contributed by atoms with Crippen molar-refractivity contribution in [3.63, 3.8) is 0 Å². The molecule has 0 radical (unpaired) electrons. The maximum Gasteiger partial charge on any atom is 0.211 e. The van der Waals surface area contributed by atoms with E-state index in [1.54, 1.807) is 12.1 Å². The molecule has 0 fully saturated rings. The molecule has 158 valence electrons. The highest BCUT2D eigenvalue weighted by atomic mass is 32.2. The topological polar surface area (TPSA) is 64.8 Å². The van der Waals surface area contributed by atoms with Crippen molar-refractivity contribution in [1.82, 2.24) is 14.8 Å². The molecule has 0 bridgehead atoms. The quantitative estimate of drug-likeness (QED) is 0.338. The number of hydrogen-bond acceptors (Lipinski definition) is 5. The van der Waals surface area contributed by atoms with Gasteiger partial charge in [0.2, 0.25) is 5.13 Å². The van der Waals surface area contributed by atoms with Crippen molar-refractivity contribution in [2.45, 2.75) is 4.90 Å². The van der Waals surface area contributed by atoms with E-state index in [1.165, 1.54) is 17.6 Å². The Morgan fingerprint density at radius 1 is 0.750 bits per heavy atom. The first-order chi connectivity index (χ1) is 15.5. The van der Waals surface area contributed by atoms with Crippen molar-refractivity contribution in [3.05, 3.63) is 96.4 Å². The Morgan fingerprint density at radius 3 is 1.94 bits per heavy atom. The third-order valence-electron chi connectivity index (χ3n) is 5.10. The first-order valence-electron chi connectivity index (χ1n) is 9.96. The van der Waals surface area contributed by atoms with E-state index < -0.39 is 9.84 Å². The highest BCUT2D eigenvalue weighted by Crippen LogP contribution is 2.32. The highest BCUT2D eigenvalue weighted by Gasteiger charge is 2.17. The molecule has 0 unspecified atom stereocenters. The van der Waals surface area contributed by atoms with Crippen LogP contribution in [0.5, 0.6) is 0 Å². The summed E-state index contributed by atoms with van der Waals surface area (Å²) < 4.78 is 25.6. The Bertz CT molecular complexity index is 1470. The van der Waals surface area contributed by atoms with Crippen LogP contribution < -0.4 is 0 Å². The molecule has 5 aromatic rings. The predicted octanol–water partition coefficient (Wildman–Crippen LogP) is 5.73. The van der Waals surface area contributed by atoms with Gasteiger partial charge in [-0.15, -0.1) is 11.3 Å². The third-order valence-corrected chi connectivity index (χ3v) is 7.04. The lowest BCUT2D eigenvalue weighted by atomic mass is 10.1. The van der Waals surface area contributed by atoms with Crippen LogP contribution in [0.25, 0.3) is 38.9 Å². The largest absolute Gasteiger partial charge is 0.224 e. The molecule has 0 saturated heterocycles. The summed E-state index contributed by atoms with van der Waals surface area (Å²) in [4.78, 5) is 5.11. The molecule has 0 spiro atoms. The van der Waals surface area contributed by atoms with E-state index in [1.807, 2.05) is 88.9 Å². The SMILES string of the molecule is CS(=O)(=O)c1ccc(-c2cc(-c3ccccc3)nn2-c2nc(-c3ccccc3)cs2)cc1. The van der Waals surface area contributed by atoms with E-state index in [0.717, 1.165) is 38.9 Å². The number of thiazole rings is 1. The zero-order valence-electron chi connectivity index (χ0n) is 17.2. The molecule has 5 nitrogen and oxygen atoms in total. The molecule has 0 aliphatic rings. The van der Waals surface area contributed by atoms with Gasteiger partial charge in [0.05, 0.1) is 22.0 Å². The van der Waals surface area contributed by atoms with Crippen molar-refractivity contribution in [2.75, 3.05) is 6.26 Å². The molecule has 0 aliphatic heterocycles. The Labute approximate surface area is 190 Å². The first kappa shape index (κ1) is 20.4. The molecule has 0 saturated carbocycles. The molecule has 3 aromatic carbocycles. The van der Waals surface area contributed by atoms with Crippen LogP contribution in [0.2, 0.25) is 0 Å². The number of aromatic nitrogens is 3. The standard InChI is InChI=1S/C25H19N3O2S2/c1-32(29,30)21-14-12-20(13-15-21)24-16-22(18-8-4-2-5-9-18)27-28(24)25-26-23(17-31-25)19-10-6-3-7-11-19/h2-17H,1H3. The summed E-state index contributed by atoms with van der Waals surface area (Å²) in [7, 11) is -3.26. The smallest absolute Gasteiger partial charge is 0.211 e. The zero-order valence-corrected chi connectivity index (χ0v) is 18.8. The van der Waals surface area contributed by atoms with Gasteiger partial charge in [-0.3, -0.25) is 0 Å². The summed E-state index contributed by atoms with van der Waals surface area (Å²) in [5.74, 6) is 0. The lowest BCUT2D eigenvalue weighted by Crippen LogP contribution is -2.00. The molecule has 2 aromatic heterocycles. The van der Waals surface area contributed by atoms with E-state index in [9.17, 15) is 8.42 Å². The van der Waals surface area contributed by atoms with E-state index in [-0.39, 0.29) is 4.90 Å². The summed E-state index contributed by atoms with van der Waals surface area (Å²) in [6.45, 7) is 0. The summed E-state index contributed by atoms with van der Waals surface area (Å²) in [6.07, 6.45) is 1.21. The van der Waals surface area contributed by atoms with Crippen LogP contribution in [-0.4, -0.2) is 29.4 Å². The van der Waals surface area contributed by atoms with Crippen molar-refractivity contribution in [3.8, 4) is 38.9 Å². The fourth-order valence-electron chi connectivity index (χ4n) is 3.46. The minimum atomic E-state index is -3.26. The summed E-state index contributed by atoms with van der Waals surface area (Å²) >= 11 is 1.52. The van der Waals surface area contributed by atoms with Crippen molar-refractivity contribution < 1.29 is 8.42 Å². The lowest BCUT2D eigenvalue weighted by molar-refractivity contribution is 0.602. The van der Waals surface area contributed by atoms with Gasteiger partial charge in [0.15, 0.2) is 9.84 Å². The Kier molecular flexibility index (Phi) is 5.20. The van der Waals surface area contributed by atoms with Gasteiger partial charge < -0.3 is 0 Å². The second-order valence-electron chi connectivity index (χ2n) is 7.37. The molecule has 0 N–H and O–H groups in total. The van der Waals surface area contributed by atoms with Gasteiger partial charge in [-0.05, 0) is 18.2 Å². The van der Waals surface area contributed by atoms with Crippen molar-refractivity contribution in [1.29, 1.82) is 0 Å². The number of nitrogens with zero attached hydrogens (tertiary/aromatic N) is 3. The van der Waals surface area contributed by atoms with Gasteiger partial charge in [-0.2, -0.15) is 5.10 Å². The van der Waals surface area contributed by atoms with Crippen LogP contribution in [-0.2, 0) is 9.84 Å². The van der Waals surface area contributed by atoms with E-state index in [0.29, 0.717) is 0 Å². The Morgan fingerprint density at radius 2 is 1.34 bits per heavy atom. The average Bonchev–Trinajstić information content (AvgIpc) is 3.47. The molecule has 7 heteroatoms. The molecule has 32 heavy (non-hydrogen) atoms. The highest BCUT2D eigenvalue weighted by molar-refractivity contribution is 7.90. The summed E-state index contributed by atoms with van der Waals surface area (Å²) in [6, 6.07) is 28.9. The fourth-order valence-corrected chi connectivity index (χ4v) is 4.88. The number of benzene rings is 3. The van der Waals surface area contributed by atoms with E-state index in [4.69, 9.17) is 10.1 Å². The number of rotatable bonds is 5. The Hall–Kier alpha value is -3.55. The minimum absolute atomic E-state index is 0.288. The van der Waals surface area contributed by atoms with Crippen LogP contribution in [0.15, 0.2) is 101 Å². The Balaban J connectivity index is 1.63. The number of sulfone groups is 1. The average molecular weight is 458 g/mol. The second kappa shape index (κ2) is 8.18. The molecule has 2 heterocycles. The zero-order chi connectivity index (χ0) is 22.1. The third kappa shape index (κ3) is 4.00. The number of hydrogen-bond donors (Lipinski definition) is 0. The normalized spacial score (nSPS) is 11.5. The minimum Gasteiger partial charge on any atom is -0.224 e. The van der Waals surface area contributed by atoms with Gasteiger partial charge in [0.1, 0.15) is 0 Å². The van der Waals surface area contributed by atoms with Crippen LogP contribution in [0.4, 0.5) is 0 Å². The summed E-state index contributed by atoms with van der Waals surface area (Å²) in [5, 5.41) is 7.61. The molecular formula is C25H19N3O2S2. The van der Waals surface area contributed by atoms with Crippen LogP contribution in [0, 0.1) is 0 Å². The summed E-state index contributed by atoms with van der Waals surface area (Å²) in [5.41, 5.74) is 5.47. The van der Waals surface area contributed by atoms with Crippen LogP contribution in [0.1, 0.15) is 0 Å². The van der Waals surface area contributed by atoms with E-state index >= 15 is 0 Å². The first-order valence-corrected chi connectivity index (χ1v) is 12.7. The second-order valence-corrected chi connectivity index (χ2v) is 10.2. The molecular weight excluding hydrogens is 438 g/mol. The molecule has 0 atom stereocenters. The molecule has 5 rings (SSSR count). The molecule has 0 amide bonds. The maximum atomic E-state index is 11.9. The van der Waals surface area contributed by atoms with Gasteiger partial charge in [-0.1, -0.05) is 72.8 Å². The van der Waals surface area contributed by atoms with Gasteiger partial charge in [-0.25, -0.2) is 18.1 Å². The lowest BCUT2D eigenvalue weighted by Gasteiger charge is -2.05. The van der Waals surface area contributed by atoms with E-state index in [2.05, 4.69) is 0 Å². The maximum absolute atomic E-state index is 11.9.